The number of hydrogen-bond donors (Lipinski definition) is 0. The Morgan fingerprint density at radius 1 is 0.278 bits per heavy atom. The molecule has 0 spiro atoms. The van der Waals surface area contributed by atoms with Crippen LogP contribution in [-0.4, -0.2) is 0 Å². The molecule has 0 aliphatic rings. The summed E-state index contributed by atoms with van der Waals surface area (Å²) in [6.45, 7) is 2.14. The van der Waals surface area contributed by atoms with Crippen LogP contribution in [0.1, 0.15) is 5.56 Å². The molecule has 0 bridgehead atoms. The first-order valence-corrected chi connectivity index (χ1v) is 18.7. The molecule has 0 aromatic heterocycles. The molecule has 10 aromatic rings. The summed E-state index contributed by atoms with van der Waals surface area (Å²) in [5.41, 5.74) is 12.0. The molecular formula is C53H37N. The summed E-state index contributed by atoms with van der Waals surface area (Å²) in [5.74, 6) is 0. The molecule has 54 heavy (non-hydrogen) atoms. The molecule has 0 unspecified atom stereocenters. The zero-order valence-electron chi connectivity index (χ0n) is 30.1. The first-order valence-electron chi connectivity index (χ1n) is 18.7. The molecule has 0 atom stereocenters. The molecule has 0 aliphatic heterocycles. The molecule has 0 aliphatic carbocycles. The van der Waals surface area contributed by atoms with Gasteiger partial charge in [-0.15, -0.1) is 0 Å². The number of anilines is 3. The van der Waals surface area contributed by atoms with Crippen molar-refractivity contribution in [2.75, 3.05) is 4.90 Å². The third-order valence-electron chi connectivity index (χ3n) is 10.8. The maximum absolute atomic E-state index is 2.41. The van der Waals surface area contributed by atoms with Gasteiger partial charge in [0.2, 0.25) is 0 Å². The van der Waals surface area contributed by atoms with E-state index in [0.717, 1.165) is 17.1 Å². The van der Waals surface area contributed by atoms with Crippen LogP contribution in [0.15, 0.2) is 206 Å². The van der Waals surface area contributed by atoms with E-state index in [-0.39, 0.29) is 0 Å². The van der Waals surface area contributed by atoms with E-state index in [2.05, 4.69) is 218 Å². The second-order valence-electron chi connectivity index (χ2n) is 14.3. The van der Waals surface area contributed by atoms with Crippen LogP contribution < -0.4 is 4.90 Å². The van der Waals surface area contributed by atoms with Crippen LogP contribution in [0, 0.1) is 6.92 Å². The van der Waals surface area contributed by atoms with Crippen molar-refractivity contribution in [3.8, 4) is 33.4 Å². The van der Waals surface area contributed by atoms with Crippen LogP contribution in [-0.2, 0) is 0 Å². The topological polar surface area (TPSA) is 3.24 Å². The third kappa shape index (κ3) is 5.68. The highest BCUT2D eigenvalue weighted by Crippen LogP contribution is 2.43. The second kappa shape index (κ2) is 13.2. The predicted octanol–water partition coefficient (Wildman–Crippen LogP) is 15.1. The molecule has 0 N–H and O–H groups in total. The fourth-order valence-electron chi connectivity index (χ4n) is 8.11. The van der Waals surface area contributed by atoms with Crippen LogP contribution in [0.3, 0.4) is 0 Å². The van der Waals surface area contributed by atoms with E-state index in [4.69, 9.17) is 0 Å². The summed E-state index contributed by atoms with van der Waals surface area (Å²) in [6.07, 6.45) is 0. The quantitative estimate of drug-likeness (QED) is 0.157. The fraction of sp³-hybridized carbons (Fsp3) is 0.0189. The van der Waals surface area contributed by atoms with E-state index in [1.165, 1.54) is 82.0 Å². The first kappa shape index (κ1) is 31.7. The summed E-state index contributed by atoms with van der Waals surface area (Å²) in [7, 11) is 0. The van der Waals surface area contributed by atoms with Gasteiger partial charge in [-0.1, -0.05) is 151 Å². The normalized spacial score (nSPS) is 11.4. The minimum Gasteiger partial charge on any atom is -0.310 e. The van der Waals surface area contributed by atoms with Gasteiger partial charge < -0.3 is 4.90 Å². The van der Waals surface area contributed by atoms with E-state index >= 15 is 0 Å². The molecule has 10 aromatic carbocycles. The minimum absolute atomic E-state index is 1.13. The number of hydrogen-bond acceptors (Lipinski definition) is 1. The maximum atomic E-state index is 2.41. The van der Waals surface area contributed by atoms with Gasteiger partial charge in [0.05, 0.1) is 0 Å². The third-order valence-corrected chi connectivity index (χ3v) is 10.8. The molecule has 0 saturated heterocycles. The Morgan fingerprint density at radius 3 is 1.43 bits per heavy atom. The molecule has 0 fully saturated rings. The Bertz CT molecular complexity index is 2980. The lowest BCUT2D eigenvalue weighted by atomic mass is 9.88. The Kier molecular flexibility index (Phi) is 7.78. The average molecular weight is 688 g/mol. The lowest BCUT2D eigenvalue weighted by molar-refractivity contribution is 1.28. The van der Waals surface area contributed by atoms with Gasteiger partial charge in [0.15, 0.2) is 0 Å². The predicted molar refractivity (Wildman–Crippen MR) is 232 cm³/mol. The largest absolute Gasteiger partial charge is 0.310 e. The van der Waals surface area contributed by atoms with Crippen LogP contribution in [0.5, 0.6) is 0 Å². The summed E-state index contributed by atoms with van der Waals surface area (Å²) in [6, 6.07) is 75.6. The number of benzene rings is 10. The van der Waals surface area contributed by atoms with E-state index in [1.54, 1.807) is 0 Å². The minimum atomic E-state index is 1.13. The second-order valence-corrected chi connectivity index (χ2v) is 14.3. The molecular weight excluding hydrogens is 651 g/mol. The van der Waals surface area contributed by atoms with Gasteiger partial charge in [-0.2, -0.15) is 0 Å². The molecule has 0 heterocycles. The molecule has 0 radical (unpaired) electrons. The van der Waals surface area contributed by atoms with Gasteiger partial charge in [-0.25, -0.2) is 0 Å². The van der Waals surface area contributed by atoms with Gasteiger partial charge in [0.25, 0.3) is 0 Å². The van der Waals surface area contributed by atoms with Gasteiger partial charge in [0.1, 0.15) is 0 Å². The Morgan fingerprint density at radius 2 is 0.759 bits per heavy atom. The van der Waals surface area contributed by atoms with Gasteiger partial charge in [-0.05, 0) is 144 Å². The van der Waals surface area contributed by atoms with E-state index in [0.29, 0.717) is 0 Å². The van der Waals surface area contributed by atoms with Crippen LogP contribution in [0.4, 0.5) is 17.1 Å². The van der Waals surface area contributed by atoms with Gasteiger partial charge >= 0.3 is 0 Å². The average Bonchev–Trinajstić information content (AvgIpc) is 3.24. The number of nitrogens with zero attached hydrogens (tertiary/aromatic N) is 1. The zero-order chi connectivity index (χ0) is 36.0. The summed E-state index contributed by atoms with van der Waals surface area (Å²) >= 11 is 0. The molecule has 254 valence electrons. The number of fused-ring (bicyclic) bond motifs is 5. The van der Waals surface area contributed by atoms with Crippen LogP contribution in [0.25, 0.3) is 76.5 Å². The first-order chi connectivity index (χ1) is 26.7. The van der Waals surface area contributed by atoms with Crippen molar-refractivity contribution in [1.29, 1.82) is 0 Å². The van der Waals surface area contributed by atoms with E-state index in [9.17, 15) is 0 Å². The van der Waals surface area contributed by atoms with Crippen molar-refractivity contribution >= 4 is 60.2 Å². The highest BCUT2D eigenvalue weighted by Gasteiger charge is 2.17. The molecule has 1 heteroatoms. The SMILES string of the molecule is Cc1ccc(N(c2ccc3ccccc3c2)c2ccc3c(c2)cc(-c2ccccc2)c2cc(-c4cc5ccccc5cc4-c4ccccc4)ccc23)cc1. The highest BCUT2D eigenvalue weighted by atomic mass is 15.1. The molecule has 10 rings (SSSR count). The summed E-state index contributed by atoms with van der Waals surface area (Å²) in [5, 5.41) is 9.89. The maximum Gasteiger partial charge on any atom is 0.0468 e. The lowest BCUT2D eigenvalue weighted by Gasteiger charge is -2.26. The Balaban J connectivity index is 1.19. The Hall–Kier alpha value is -6.96. The molecule has 0 saturated carbocycles. The van der Waals surface area contributed by atoms with E-state index < -0.39 is 0 Å². The van der Waals surface area contributed by atoms with Gasteiger partial charge in [-0.3, -0.25) is 0 Å². The van der Waals surface area contributed by atoms with E-state index in [1.807, 2.05) is 0 Å². The van der Waals surface area contributed by atoms with Crippen molar-refractivity contribution in [2.24, 2.45) is 0 Å². The van der Waals surface area contributed by atoms with Crippen molar-refractivity contribution in [2.45, 2.75) is 6.92 Å². The summed E-state index contributed by atoms with van der Waals surface area (Å²) in [4.78, 5) is 2.38. The number of rotatable bonds is 6. The van der Waals surface area contributed by atoms with Crippen molar-refractivity contribution < 1.29 is 0 Å². The van der Waals surface area contributed by atoms with Crippen LogP contribution >= 0.6 is 0 Å². The monoisotopic (exact) mass is 687 g/mol. The van der Waals surface area contributed by atoms with Gasteiger partial charge in [0, 0.05) is 17.1 Å². The smallest absolute Gasteiger partial charge is 0.0468 e. The standard InChI is InChI=1S/C53H37N/c1-36-20-24-45(25-21-36)54(46-26-22-37-12-8-9-17-40(37)30-46)47-27-29-48-44(31-47)35-51(39-15-6-3-7-16-39)53-34-43(23-28-49(48)53)52-33-42-19-11-10-18-41(42)32-50(52)38-13-4-2-5-14-38/h2-35H,1H3. The lowest BCUT2D eigenvalue weighted by Crippen LogP contribution is -2.10. The van der Waals surface area contributed by atoms with Crippen molar-refractivity contribution in [3.05, 3.63) is 212 Å². The van der Waals surface area contributed by atoms with Crippen molar-refractivity contribution in [1.82, 2.24) is 0 Å². The summed E-state index contributed by atoms with van der Waals surface area (Å²) < 4.78 is 0. The highest BCUT2D eigenvalue weighted by molar-refractivity contribution is 6.16. The zero-order valence-corrected chi connectivity index (χ0v) is 30.1. The fourth-order valence-corrected chi connectivity index (χ4v) is 8.11. The molecule has 0 amide bonds. The van der Waals surface area contributed by atoms with Crippen molar-refractivity contribution in [3.63, 3.8) is 0 Å². The van der Waals surface area contributed by atoms with Crippen LogP contribution in [0.2, 0.25) is 0 Å². The molecule has 1 nitrogen and oxygen atoms in total. The number of aryl methyl sites for hydroxylation is 1. The Labute approximate surface area is 316 Å².